The summed E-state index contributed by atoms with van der Waals surface area (Å²) in [5, 5.41) is 6.05. The van der Waals surface area contributed by atoms with Gasteiger partial charge < -0.3 is 0 Å². The number of hydrogen-bond acceptors (Lipinski definition) is 3. The maximum atomic E-state index is 5.24. The Balaban J connectivity index is 1.20. The molecule has 0 saturated heterocycles. The van der Waals surface area contributed by atoms with E-state index in [2.05, 4.69) is 147 Å². The zero-order valence-electron chi connectivity index (χ0n) is 28.4. The summed E-state index contributed by atoms with van der Waals surface area (Å²) in [5.74, 6) is 0.691. The summed E-state index contributed by atoms with van der Waals surface area (Å²) in [5.41, 5.74) is 13.5. The van der Waals surface area contributed by atoms with Gasteiger partial charge in [0.15, 0.2) is 5.82 Å². The normalized spacial score (nSPS) is 13.1. The monoisotopic (exact) mass is 651 g/mol. The first-order valence-electron chi connectivity index (χ1n) is 17.5. The average Bonchev–Trinajstić information content (AvgIpc) is 3.44. The molecule has 0 saturated carbocycles. The molecule has 0 amide bonds. The lowest BCUT2D eigenvalue weighted by molar-refractivity contribution is 0.666. The molecule has 0 bridgehead atoms. The van der Waals surface area contributed by atoms with E-state index in [1.165, 1.54) is 49.5 Å². The van der Waals surface area contributed by atoms with Crippen LogP contribution in [0.5, 0.6) is 0 Å². The number of aromatic nitrogens is 3. The zero-order valence-corrected chi connectivity index (χ0v) is 28.4. The molecule has 3 nitrogen and oxygen atoms in total. The van der Waals surface area contributed by atoms with Crippen molar-refractivity contribution >= 4 is 32.4 Å². The molecule has 240 valence electrons. The van der Waals surface area contributed by atoms with E-state index in [0.717, 1.165) is 44.4 Å². The minimum atomic E-state index is -0.126. The fourth-order valence-corrected chi connectivity index (χ4v) is 8.38. The highest BCUT2D eigenvalue weighted by Gasteiger charge is 2.38. The van der Waals surface area contributed by atoms with Crippen molar-refractivity contribution < 1.29 is 0 Å². The Morgan fingerprint density at radius 1 is 0.451 bits per heavy atom. The van der Waals surface area contributed by atoms with Crippen LogP contribution in [0.25, 0.3) is 88.6 Å². The van der Waals surface area contributed by atoms with Gasteiger partial charge in [-0.05, 0) is 67.1 Å². The molecule has 2 aromatic heterocycles. The molecule has 2 heterocycles. The van der Waals surface area contributed by atoms with Gasteiger partial charge in [-0.25, -0.2) is 9.97 Å². The minimum Gasteiger partial charge on any atom is -0.256 e. The predicted molar refractivity (Wildman–Crippen MR) is 212 cm³/mol. The van der Waals surface area contributed by atoms with Crippen LogP contribution in [-0.2, 0) is 5.41 Å². The van der Waals surface area contributed by atoms with Gasteiger partial charge in [0.05, 0.1) is 16.9 Å². The van der Waals surface area contributed by atoms with Crippen LogP contribution in [0.3, 0.4) is 0 Å². The molecule has 0 atom stereocenters. The smallest absolute Gasteiger partial charge is 0.160 e. The number of benzene rings is 7. The van der Waals surface area contributed by atoms with Gasteiger partial charge in [-0.15, -0.1) is 0 Å². The van der Waals surface area contributed by atoms with Gasteiger partial charge in [0.2, 0.25) is 0 Å². The molecule has 9 aromatic rings. The van der Waals surface area contributed by atoms with E-state index in [4.69, 9.17) is 15.0 Å². The molecule has 0 unspecified atom stereocenters. The quantitative estimate of drug-likeness (QED) is 0.190. The van der Waals surface area contributed by atoms with Gasteiger partial charge in [-0.3, -0.25) is 4.98 Å². The predicted octanol–water partition coefficient (Wildman–Crippen LogP) is 12.3. The molecule has 0 spiro atoms. The minimum absolute atomic E-state index is 0.126. The van der Waals surface area contributed by atoms with E-state index < -0.39 is 0 Å². The van der Waals surface area contributed by atoms with Crippen LogP contribution in [0.4, 0.5) is 0 Å². The number of pyridine rings is 1. The first-order valence-corrected chi connectivity index (χ1v) is 17.5. The zero-order chi connectivity index (χ0) is 34.1. The van der Waals surface area contributed by atoms with Gasteiger partial charge in [0, 0.05) is 33.7 Å². The Labute approximate surface area is 297 Å². The highest BCUT2D eigenvalue weighted by molar-refractivity contribution is 6.09. The highest BCUT2D eigenvalue weighted by Crippen LogP contribution is 2.55. The SMILES string of the molecule is CC1(C)c2cccc(-c3ccc(-c4cc(-c5cccc6cccnc56)nc(-c5ccccc5)n4)c4ccccc34)c2-c2ccc3ccccc3c21. The van der Waals surface area contributed by atoms with Crippen LogP contribution >= 0.6 is 0 Å². The molecule has 0 N–H and O–H groups in total. The van der Waals surface area contributed by atoms with Crippen molar-refractivity contribution in [2.75, 3.05) is 0 Å². The lowest BCUT2D eigenvalue weighted by Crippen LogP contribution is -2.15. The molecule has 0 aliphatic heterocycles. The van der Waals surface area contributed by atoms with Crippen molar-refractivity contribution in [3.63, 3.8) is 0 Å². The van der Waals surface area contributed by atoms with Crippen molar-refractivity contribution in [3.8, 4) is 56.2 Å². The lowest BCUT2D eigenvalue weighted by atomic mass is 9.80. The summed E-state index contributed by atoms with van der Waals surface area (Å²) in [6.45, 7) is 4.75. The van der Waals surface area contributed by atoms with Crippen molar-refractivity contribution in [2.45, 2.75) is 19.3 Å². The summed E-state index contributed by atoms with van der Waals surface area (Å²) in [4.78, 5) is 15.1. The van der Waals surface area contributed by atoms with Crippen LogP contribution in [0, 0.1) is 0 Å². The van der Waals surface area contributed by atoms with Gasteiger partial charge in [0.25, 0.3) is 0 Å². The molecular weight excluding hydrogens is 619 g/mol. The van der Waals surface area contributed by atoms with Gasteiger partial charge >= 0.3 is 0 Å². The number of nitrogens with zero attached hydrogens (tertiary/aromatic N) is 3. The maximum Gasteiger partial charge on any atom is 0.160 e. The third-order valence-electron chi connectivity index (χ3n) is 10.7. The average molecular weight is 652 g/mol. The first kappa shape index (κ1) is 29.5. The Morgan fingerprint density at radius 2 is 1.08 bits per heavy atom. The first-order chi connectivity index (χ1) is 25.1. The second kappa shape index (κ2) is 11.3. The highest BCUT2D eigenvalue weighted by atomic mass is 14.9. The molecule has 0 radical (unpaired) electrons. The number of para-hydroxylation sites is 1. The Bertz CT molecular complexity index is 2830. The molecular formula is C48H33N3. The third kappa shape index (κ3) is 4.55. The van der Waals surface area contributed by atoms with E-state index >= 15 is 0 Å². The van der Waals surface area contributed by atoms with Crippen molar-refractivity contribution in [2.24, 2.45) is 0 Å². The van der Waals surface area contributed by atoms with E-state index in [-0.39, 0.29) is 5.41 Å². The molecule has 3 heteroatoms. The Morgan fingerprint density at radius 3 is 1.92 bits per heavy atom. The molecule has 1 aliphatic rings. The third-order valence-corrected chi connectivity index (χ3v) is 10.7. The molecule has 1 aliphatic carbocycles. The molecule has 0 fully saturated rings. The number of rotatable bonds is 4. The Hall–Kier alpha value is -6.45. The van der Waals surface area contributed by atoms with E-state index in [1.807, 2.05) is 30.5 Å². The van der Waals surface area contributed by atoms with Crippen LogP contribution in [0.1, 0.15) is 25.0 Å². The summed E-state index contributed by atoms with van der Waals surface area (Å²) < 4.78 is 0. The summed E-state index contributed by atoms with van der Waals surface area (Å²) in [7, 11) is 0. The summed E-state index contributed by atoms with van der Waals surface area (Å²) in [6.07, 6.45) is 1.85. The molecule has 10 rings (SSSR count). The standard InChI is InChI=1S/C48H33N3/c1-48(2)41-23-11-21-38(44(41)40-25-24-30-13-6-7-18-33(30)45(40)48)36-26-27-37(35-20-9-8-19-34(35)36)42-29-43(51-47(50-42)32-14-4-3-5-15-32)39-22-10-16-31-17-12-28-49-46(31)39/h3-29H,1-2H3. The van der Waals surface area contributed by atoms with E-state index in [9.17, 15) is 0 Å². The largest absolute Gasteiger partial charge is 0.256 e. The van der Waals surface area contributed by atoms with Crippen molar-refractivity contribution in [3.05, 3.63) is 175 Å². The maximum absolute atomic E-state index is 5.24. The number of hydrogen-bond donors (Lipinski definition) is 0. The van der Waals surface area contributed by atoms with Crippen LogP contribution < -0.4 is 0 Å². The van der Waals surface area contributed by atoms with Gasteiger partial charge in [-0.1, -0.05) is 159 Å². The van der Waals surface area contributed by atoms with E-state index in [1.54, 1.807) is 0 Å². The summed E-state index contributed by atoms with van der Waals surface area (Å²) in [6, 6.07) is 56.3. The second-order valence-corrected chi connectivity index (χ2v) is 14.0. The number of fused-ring (bicyclic) bond motifs is 7. The van der Waals surface area contributed by atoms with Gasteiger partial charge in [0.1, 0.15) is 0 Å². The van der Waals surface area contributed by atoms with Gasteiger partial charge in [-0.2, -0.15) is 0 Å². The molecule has 51 heavy (non-hydrogen) atoms. The lowest BCUT2D eigenvalue weighted by Gasteiger charge is -2.23. The second-order valence-electron chi connectivity index (χ2n) is 14.0. The Kier molecular flexibility index (Phi) is 6.53. The summed E-state index contributed by atoms with van der Waals surface area (Å²) >= 11 is 0. The molecule has 7 aromatic carbocycles. The van der Waals surface area contributed by atoms with Crippen LogP contribution in [-0.4, -0.2) is 15.0 Å². The van der Waals surface area contributed by atoms with Crippen LogP contribution in [0.15, 0.2) is 164 Å². The fraction of sp³-hybridized carbons (Fsp3) is 0.0625. The van der Waals surface area contributed by atoms with E-state index in [0.29, 0.717) is 5.82 Å². The van der Waals surface area contributed by atoms with Crippen molar-refractivity contribution in [1.82, 2.24) is 15.0 Å². The fourth-order valence-electron chi connectivity index (χ4n) is 8.38. The van der Waals surface area contributed by atoms with Crippen LogP contribution in [0.2, 0.25) is 0 Å². The topological polar surface area (TPSA) is 38.7 Å². The van der Waals surface area contributed by atoms with Crippen molar-refractivity contribution in [1.29, 1.82) is 0 Å².